The van der Waals surface area contributed by atoms with Gasteiger partial charge in [-0.15, -0.1) is 0 Å². The Morgan fingerprint density at radius 3 is 1.94 bits per heavy atom. The van der Waals surface area contributed by atoms with Crippen LogP contribution in [-0.2, 0) is 11.3 Å². The number of benzene rings is 4. The molecule has 1 atom stereocenters. The third-order valence-corrected chi connectivity index (χ3v) is 8.75. The predicted octanol–water partition coefficient (Wildman–Crippen LogP) is 5.63. The van der Waals surface area contributed by atoms with Gasteiger partial charge in [0.15, 0.2) is 0 Å². The van der Waals surface area contributed by atoms with Gasteiger partial charge in [0.05, 0.1) is 19.3 Å². The van der Waals surface area contributed by atoms with E-state index in [-0.39, 0.29) is 0 Å². The van der Waals surface area contributed by atoms with E-state index >= 15 is 0 Å². The summed E-state index contributed by atoms with van der Waals surface area (Å²) in [4.78, 5) is 2.60. The van der Waals surface area contributed by atoms with E-state index in [9.17, 15) is 0 Å². The fraction of sp³-hybridized carbons (Fsp3) is 0.200. The Morgan fingerprint density at radius 1 is 0.697 bits per heavy atom. The molecule has 0 amide bonds. The Bertz CT molecular complexity index is 1090. The molecule has 1 saturated heterocycles. The molecule has 2 nitrogen and oxygen atoms in total. The molecule has 0 aromatic heterocycles. The van der Waals surface area contributed by atoms with Gasteiger partial charge in [0.25, 0.3) is 0 Å². The highest BCUT2D eigenvalue weighted by Gasteiger charge is 2.29. The van der Waals surface area contributed by atoms with Crippen LogP contribution in [0.25, 0.3) is 0 Å². The van der Waals surface area contributed by atoms with Gasteiger partial charge in [-0.1, -0.05) is 109 Å². The second-order valence-electron chi connectivity index (χ2n) is 8.49. The van der Waals surface area contributed by atoms with Crippen molar-refractivity contribution in [2.75, 3.05) is 18.1 Å². The summed E-state index contributed by atoms with van der Waals surface area (Å²) >= 11 is 0. The zero-order chi connectivity index (χ0) is 22.3. The topological polar surface area (TPSA) is 12.5 Å². The maximum absolute atomic E-state index is 6.19. The van der Waals surface area contributed by atoms with Crippen LogP contribution in [0.15, 0.2) is 115 Å². The fourth-order valence-electron chi connectivity index (χ4n) is 4.69. The number of hydrogen-bond acceptors (Lipinski definition) is 2. The van der Waals surface area contributed by atoms with Gasteiger partial charge in [0, 0.05) is 17.5 Å². The normalized spacial score (nSPS) is 15.8. The van der Waals surface area contributed by atoms with E-state index in [1.54, 1.807) is 0 Å². The summed E-state index contributed by atoms with van der Waals surface area (Å²) < 4.78 is 6.19. The third-order valence-electron chi connectivity index (χ3n) is 6.26. The fourth-order valence-corrected chi connectivity index (χ4v) is 7.15. The van der Waals surface area contributed by atoms with Crippen LogP contribution in [0.2, 0.25) is 0 Å². The first-order valence-electron chi connectivity index (χ1n) is 11.8. The summed E-state index contributed by atoms with van der Waals surface area (Å²) in [7, 11) is -0.633. The van der Waals surface area contributed by atoms with Crippen LogP contribution in [0.1, 0.15) is 18.4 Å². The van der Waals surface area contributed by atoms with Gasteiger partial charge >= 0.3 is 0 Å². The van der Waals surface area contributed by atoms with Crippen molar-refractivity contribution >= 4 is 29.5 Å². The number of para-hydroxylation sites is 1. The second kappa shape index (κ2) is 10.8. The zero-order valence-corrected chi connectivity index (χ0v) is 19.8. The zero-order valence-electron chi connectivity index (χ0n) is 18.9. The van der Waals surface area contributed by atoms with Crippen LogP contribution < -0.4 is 20.8 Å². The molecular weight excluding hydrogens is 421 g/mol. The lowest BCUT2D eigenvalue weighted by Crippen LogP contribution is -2.37. The lowest BCUT2D eigenvalue weighted by Gasteiger charge is -2.31. The van der Waals surface area contributed by atoms with Crippen LogP contribution in [-0.4, -0.2) is 19.2 Å². The SMILES string of the molecule is c1ccc(COC[C@@H]2CCCN2c2ccccc2P(c2ccccc2)c2ccccc2)cc1. The van der Waals surface area contributed by atoms with E-state index in [2.05, 4.69) is 120 Å². The molecule has 4 aromatic carbocycles. The molecule has 0 aliphatic carbocycles. The molecule has 0 unspecified atom stereocenters. The van der Waals surface area contributed by atoms with Crippen LogP contribution in [0.5, 0.6) is 0 Å². The Labute approximate surface area is 198 Å². The predicted molar refractivity (Wildman–Crippen MR) is 142 cm³/mol. The lowest BCUT2D eigenvalue weighted by molar-refractivity contribution is 0.108. The van der Waals surface area contributed by atoms with E-state index in [0.717, 1.165) is 13.2 Å². The Hall–Kier alpha value is -2.93. The molecule has 3 heteroatoms. The summed E-state index contributed by atoms with van der Waals surface area (Å²) in [5.74, 6) is 0. The van der Waals surface area contributed by atoms with Crippen LogP contribution in [0.4, 0.5) is 5.69 Å². The van der Waals surface area contributed by atoms with Gasteiger partial charge in [-0.2, -0.15) is 0 Å². The molecule has 1 fully saturated rings. The van der Waals surface area contributed by atoms with Crippen molar-refractivity contribution in [2.24, 2.45) is 0 Å². The number of rotatable bonds is 8. The summed E-state index contributed by atoms with van der Waals surface area (Å²) in [6, 6.07) is 41.9. The van der Waals surface area contributed by atoms with Crippen molar-refractivity contribution in [1.82, 2.24) is 0 Å². The summed E-state index contributed by atoms with van der Waals surface area (Å²) in [6.07, 6.45) is 2.39. The van der Waals surface area contributed by atoms with Crippen LogP contribution in [0.3, 0.4) is 0 Å². The van der Waals surface area contributed by atoms with E-state index in [1.165, 1.54) is 40.0 Å². The minimum absolute atomic E-state index is 0.415. The molecule has 0 bridgehead atoms. The molecule has 33 heavy (non-hydrogen) atoms. The van der Waals surface area contributed by atoms with Crippen molar-refractivity contribution < 1.29 is 4.74 Å². The van der Waals surface area contributed by atoms with E-state index in [0.29, 0.717) is 12.6 Å². The van der Waals surface area contributed by atoms with Crippen molar-refractivity contribution in [3.05, 3.63) is 121 Å². The van der Waals surface area contributed by atoms with Crippen LogP contribution >= 0.6 is 7.92 Å². The van der Waals surface area contributed by atoms with Crippen molar-refractivity contribution in [2.45, 2.75) is 25.5 Å². The van der Waals surface area contributed by atoms with Gasteiger partial charge < -0.3 is 9.64 Å². The number of hydrogen-bond donors (Lipinski definition) is 0. The molecular formula is C30H30NOP. The average Bonchev–Trinajstić information content (AvgIpc) is 3.35. The maximum atomic E-state index is 6.19. The monoisotopic (exact) mass is 451 g/mol. The minimum atomic E-state index is -0.633. The highest BCUT2D eigenvalue weighted by Crippen LogP contribution is 2.38. The molecule has 5 rings (SSSR count). The van der Waals surface area contributed by atoms with Gasteiger partial charge in [0.2, 0.25) is 0 Å². The van der Waals surface area contributed by atoms with Gasteiger partial charge in [-0.3, -0.25) is 0 Å². The second-order valence-corrected chi connectivity index (χ2v) is 10.7. The number of anilines is 1. The molecule has 4 aromatic rings. The Balaban J connectivity index is 1.43. The molecule has 0 radical (unpaired) electrons. The highest BCUT2D eigenvalue weighted by atomic mass is 31.1. The quantitative estimate of drug-likeness (QED) is 0.322. The first kappa shape index (κ1) is 21.9. The van der Waals surface area contributed by atoms with Crippen molar-refractivity contribution in [3.63, 3.8) is 0 Å². The molecule has 1 heterocycles. The first-order chi connectivity index (χ1) is 16.4. The Morgan fingerprint density at radius 2 is 1.27 bits per heavy atom. The average molecular weight is 452 g/mol. The van der Waals surface area contributed by atoms with E-state index in [4.69, 9.17) is 4.74 Å². The molecule has 0 N–H and O–H groups in total. The molecule has 0 spiro atoms. The van der Waals surface area contributed by atoms with Crippen LogP contribution in [0, 0.1) is 0 Å². The van der Waals surface area contributed by atoms with Crippen molar-refractivity contribution in [3.8, 4) is 0 Å². The number of ether oxygens (including phenoxy) is 1. The first-order valence-corrected chi connectivity index (χ1v) is 13.1. The Kier molecular flexibility index (Phi) is 7.16. The molecule has 1 aliphatic rings. The summed E-state index contributed by atoms with van der Waals surface area (Å²) in [5, 5.41) is 4.21. The standard InChI is InChI=1S/C30H30NOP/c1-4-13-25(14-5-1)23-32-24-26-15-12-22-31(26)29-20-10-11-21-30(29)33(27-16-6-2-7-17-27)28-18-8-3-9-19-28/h1-11,13-14,16-21,26H,12,15,22-24H2/t26-/m0/s1. The maximum Gasteiger partial charge on any atom is 0.0717 e. The van der Waals surface area contributed by atoms with Gasteiger partial charge in [-0.25, -0.2) is 0 Å². The number of nitrogens with zero attached hydrogens (tertiary/aromatic N) is 1. The molecule has 1 aliphatic heterocycles. The summed E-state index contributed by atoms with van der Waals surface area (Å²) in [5.41, 5.74) is 2.60. The van der Waals surface area contributed by atoms with E-state index < -0.39 is 7.92 Å². The molecule has 0 saturated carbocycles. The minimum Gasteiger partial charge on any atom is -0.375 e. The smallest absolute Gasteiger partial charge is 0.0717 e. The third kappa shape index (κ3) is 5.19. The van der Waals surface area contributed by atoms with Crippen molar-refractivity contribution in [1.29, 1.82) is 0 Å². The van der Waals surface area contributed by atoms with Gasteiger partial charge in [-0.05, 0) is 43.0 Å². The summed E-state index contributed by atoms with van der Waals surface area (Å²) in [6.45, 7) is 2.52. The lowest BCUT2D eigenvalue weighted by atomic mass is 10.2. The highest BCUT2D eigenvalue weighted by molar-refractivity contribution is 7.80. The largest absolute Gasteiger partial charge is 0.375 e. The van der Waals surface area contributed by atoms with E-state index in [1.807, 2.05) is 0 Å². The van der Waals surface area contributed by atoms with Gasteiger partial charge in [0.1, 0.15) is 0 Å². The molecule has 166 valence electrons.